The summed E-state index contributed by atoms with van der Waals surface area (Å²) < 4.78 is 16.1. The molecule has 0 fully saturated rings. The summed E-state index contributed by atoms with van der Waals surface area (Å²) in [7, 11) is 4.75. The second-order valence-electron chi connectivity index (χ2n) is 5.95. The maximum atomic E-state index is 11.6. The second-order valence-corrected chi connectivity index (χ2v) is 10.8. The maximum Gasteiger partial charge on any atom is 0.378 e. The smallest absolute Gasteiger partial charge is 0.378 e. The molecule has 2 atom stereocenters. The molecule has 0 bridgehead atoms. The fourth-order valence-corrected chi connectivity index (χ4v) is 4.98. The molecule has 0 heterocycles. The van der Waals surface area contributed by atoms with Crippen LogP contribution in [0.3, 0.4) is 0 Å². The van der Waals surface area contributed by atoms with Gasteiger partial charge in [0.25, 0.3) is 0 Å². The van der Waals surface area contributed by atoms with E-state index in [4.69, 9.17) is 14.2 Å². The van der Waals surface area contributed by atoms with Gasteiger partial charge in [0.2, 0.25) is 0 Å². The van der Waals surface area contributed by atoms with E-state index >= 15 is 0 Å². The highest BCUT2D eigenvalue weighted by atomic mass is 33.1. The van der Waals surface area contributed by atoms with E-state index in [2.05, 4.69) is 13.8 Å². The third-order valence-electron chi connectivity index (χ3n) is 3.32. The number of unbranched alkanes of at least 4 members (excludes halogenated alkanes) is 6. The zero-order valence-electron chi connectivity index (χ0n) is 16.9. The highest BCUT2D eigenvalue weighted by Crippen LogP contribution is 2.34. The van der Waals surface area contributed by atoms with Crippen LogP contribution in [0.15, 0.2) is 0 Å². The molecule has 9 heteroatoms. The van der Waals surface area contributed by atoms with Crippen molar-refractivity contribution < 1.29 is 23.8 Å². The molecule has 0 rings (SSSR count). The van der Waals surface area contributed by atoms with Gasteiger partial charge in [-0.05, 0) is 26.7 Å². The predicted molar refractivity (Wildman–Crippen MR) is 121 cm³/mol. The number of ether oxygens (including phenoxy) is 3. The van der Waals surface area contributed by atoms with Crippen molar-refractivity contribution in [3.05, 3.63) is 0 Å². The summed E-state index contributed by atoms with van der Waals surface area (Å²) in [5.41, 5.74) is -0.369. The minimum atomic E-state index is -0.284. The lowest BCUT2D eigenvalue weighted by atomic mass is 10.2. The van der Waals surface area contributed by atoms with E-state index < -0.39 is 0 Å². The van der Waals surface area contributed by atoms with Gasteiger partial charge in [-0.2, -0.15) is 0 Å². The molecule has 0 aromatic carbocycles. The van der Waals surface area contributed by atoms with Crippen molar-refractivity contribution >= 4 is 53.8 Å². The van der Waals surface area contributed by atoms with Gasteiger partial charge in [-0.15, -0.1) is 0 Å². The zero-order valence-corrected chi connectivity index (χ0v) is 20.2. The average Bonchev–Trinajstić information content (AvgIpc) is 2.64. The van der Waals surface area contributed by atoms with Crippen LogP contribution in [0.5, 0.6) is 0 Å². The molecular formula is C18H34O5S4. The van der Waals surface area contributed by atoms with Gasteiger partial charge in [0.05, 0.1) is 13.2 Å². The lowest BCUT2D eigenvalue weighted by molar-refractivity contribution is 0.115. The first kappa shape index (κ1) is 27.3. The van der Waals surface area contributed by atoms with Crippen LogP contribution in [-0.4, -0.2) is 34.7 Å². The minimum Gasteiger partial charge on any atom is -0.457 e. The largest absolute Gasteiger partial charge is 0.457 e. The lowest BCUT2D eigenvalue weighted by Gasteiger charge is -2.16. The first-order chi connectivity index (χ1) is 13.0. The van der Waals surface area contributed by atoms with Crippen molar-refractivity contribution in [2.75, 3.05) is 13.2 Å². The quantitative estimate of drug-likeness (QED) is 0.0993. The molecule has 0 aliphatic carbocycles. The zero-order chi connectivity index (χ0) is 20.3. The van der Waals surface area contributed by atoms with Crippen molar-refractivity contribution in [2.24, 2.45) is 0 Å². The number of hydrogen-bond donors (Lipinski definition) is 0. The van der Waals surface area contributed by atoms with Gasteiger partial charge in [-0.1, -0.05) is 74.0 Å². The van der Waals surface area contributed by atoms with Crippen LogP contribution in [0.4, 0.5) is 9.59 Å². The Balaban J connectivity index is 3.66. The summed E-state index contributed by atoms with van der Waals surface area (Å²) in [6.45, 7) is 9.00. The summed E-state index contributed by atoms with van der Waals surface area (Å²) in [6.07, 6.45) is 8.68. The van der Waals surface area contributed by atoms with E-state index in [9.17, 15) is 9.59 Å². The van der Waals surface area contributed by atoms with E-state index in [1.54, 1.807) is 0 Å². The predicted octanol–water partition coefficient (Wildman–Crippen LogP) is 7.89. The Morgan fingerprint density at radius 2 is 1.11 bits per heavy atom. The van der Waals surface area contributed by atoms with Crippen LogP contribution in [0.1, 0.15) is 79.1 Å². The summed E-state index contributed by atoms with van der Waals surface area (Å²) in [5, 5.41) is -0.568. The van der Waals surface area contributed by atoms with Crippen LogP contribution in [0, 0.1) is 0 Å². The van der Waals surface area contributed by atoms with E-state index in [0.29, 0.717) is 13.2 Å². The van der Waals surface area contributed by atoms with Crippen molar-refractivity contribution in [3.63, 3.8) is 0 Å². The van der Waals surface area contributed by atoms with Crippen molar-refractivity contribution in [2.45, 2.75) is 89.9 Å². The van der Waals surface area contributed by atoms with Crippen LogP contribution in [-0.2, 0) is 14.2 Å². The van der Waals surface area contributed by atoms with Crippen LogP contribution < -0.4 is 0 Å². The molecule has 0 spiro atoms. The summed E-state index contributed by atoms with van der Waals surface area (Å²) in [4.78, 5) is 23.3. The fourth-order valence-electron chi connectivity index (χ4n) is 1.95. The Morgan fingerprint density at radius 3 is 1.48 bits per heavy atom. The van der Waals surface area contributed by atoms with Crippen LogP contribution >= 0.6 is 43.2 Å². The van der Waals surface area contributed by atoms with E-state index in [1.807, 2.05) is 13.8 Å². The molecule has 0 amide bonds. The maximum absolute atomic E-state index is 11.6. The summed E-state index contributed by atoms with van der Waals surface area (Å²) in [5.74, 6) is 0. The fraction of sp³-hybridized carbons (Fsp3) is 0.889. The highest BCUT2D eigenvalue weighted by molar-refractivity contribution is 8.82. The van der Waals surface area contributed by atoms with Gasteiger partial charge in [-0.3, -0.25) is 0 Å². The SMILES string of the molecule is CCCCCCOC(=O)SSC(C)OC(C)SSC(=O)OCCCCCC. The average molecular weight is 459 g/mol. The Labute approximate surface area is 180 Å². The molecule has 0 aliphatic heterocycles. The second kappa shape index (κ2) is 19.6. The van der Waals surface area contributed by atoms with Gasteiger partial charge in [-0.25, -0.2) is 9.59 Å². The molecule has 160 valence electrons. The topological polar surface area (TPSA) is 61.8 Å². The summed E-state index contributed by atoms with van der Waals surface area (Å²) in [6, 6.07) is 0. The molecule has 0 aromatic rings. The van der Waals surface area contributed by atoms with Gasteiger partial charge in [0.15, 0.2) is 0 Å². The number of hydrogen-bond acceptors (Lipinski definition) is 9. The Hall–Kier alpha value is 0.300. The molecule has 0 N–H and O–H groups in total. The molecule has 0 aromatic heterocycles. The Bertz CT molecular complexity index is 351. The van der Waals surface area contributed by atoms with E-state index in [0.717, 1.165) is 47.3 Å². The van der Waals surface area contributed by atoms with E-state index in [-0.39, 0.29) is 21.5 Å². The highest BCUT2D eigenvalue weighted by Gasteiger charge is 2.15. The molecule has 5 nitrogen and oxygen atoms in total. The van der Waals surface area contributed by atoms with Gasteiger partial charge < -0.3 is 14.2 Å². The van der Waals surface area contributed by atoms with E-state index in [1.165, 1.54) is 47.3 Å². The lowest BCUT2D eigenvalue weighted by Crippen LogP contribution is -2.10. The Kier molecular flexibility index (Phi) is 19.8. The third kappa shape index (κ3) is 19.4. The molecule has 0 saturated carbocycles. The monoisotopic (exact) mass is 458 g/mol. The molecule has 0 aliphatic rings. The normalized spacial score (nSPS) is 13.2. The number of rotatable bonds is 16. The van der Waals surface area contributed by atoms with Gasteiger partial charge >= 0.3 is 10.6 Å². The molecule has 0 radical (unpaired) electrons. The number of carbonyl (C=O) groups excluding carboxylic acids is 2. The van der Waals surface area contributed by atoms with Crippen molar-refractivity contribution in [1.82, 2.24) is 0 Å². The van der Waals surface area contributed by atoms with Gasteiger partial charge in [0, 0.05) is 21.6 Å². The Morgan fingerprint density at radius 1 is 0.704 bits per heavy atom. The molecule has 2 unspecified atom stereocenters. The first-order valence-corrected chi connectivity index (χ1v) is 14.1. The number of carbonyl (C=O) groups is 2. The first-order valence-electron chi connectivity index (χ1n) is 9.65. The van der Waals surface area contributed by atoms with Crippen LogP contribution in [0.2, 0.25) is 0 Å². The third-order valence-corrected chi connectivity index (χ3v) is 7.81. The summed E-state index contributed by atoms with van der Waals surface area (Å²) >= 11 is 0. The molecule has 27 heavy (non-hydrogen) atoms. The molecule has 0 saturated heterocycles. The standard InChI is InChI=1S/C18H34O5S4/c1-5-7-9-11-13-21-17(19)26-24-15(3)23-16(4)25-27-18(20)22-14-12-10-8-6-2/h15-16H,5-14H2,1-4H3. The van der Waals surface area contributed by atoms with Crippen molar-refractivity contribution in [1.29, 1.82) is 0 Å². The van der Waals surface area contributed by atoms with Gasteiger partial charge in [0.1, 0.15) is 10.9 Å². The molecular weight excluding hydrogens is 424 g/mol. The van der Waals surface area contributed by atoms with Crippen molar-refractivity contribution in [3.8, 4) is 0 Å². The van der Waals surface area contributed by atoms with Crippen LogP contribution in [0.25, 0.3) is 0 Å². The minimum absolute atomic E-state index is 0.184.